The molecule has 0 bridgehead atoms. The van der Waals surface area contributed by atoms with Crippen LogP contribution in [0, 0.1) is 5.21 Å². The van der Waals surface area contributed by atoms with E-state index in [1.54, 1.807) is 12.1 Å². The van der Waals surface area contributed by atoms with Gasteiger partial charge in [0.05, 0.1) is 5.56 Å². The summed E-state index contributed by atoms with van der Waals surface area (Å²) in [6.45, 7) is 2.82. The number of pyridine rings is 1. The molecule has 21 heavy (non-hydrogen) atoms. The van der Waals surface area contributed by atoms with Gasteiger partial charge in [-0.1, -0.05) is 11.6 Å². The molecule has 0 amide bonds. The maximum absolute atomic E-state index is 11.2. The van der Waals surface area contributed by atoms with Gasteiger partial charge in [-0.15, -0.1) is 0 Å². The first kappa shape index (κ1) is 16.2. The van der Waals surface area contributed by atoms with E-state index in [1.165, 1.54) is 31.7 Å². The molecule has 1 aromatic heterocycles. The minimum absolute atomic E-state index is 0.135. The summed E-state index contributed by atoms with van der Waals surface area (Å²) in [6, 6.07) is 3.37. The molecular weight excluding hydrogens is 338 g/mol. The number of aliphatic hydroxyl groups excluding tert-OH is 1. The van der Waals surface area contributed by atoms with Gasteiger partial charge in [-0.05, 0) is 47.9 Å². The van der Waals surface area contributed by atoms with Gasteiger partial charge in [-0.3, -0.25) is 0 Å². The van der Waals surface area contributed by atoms with Gasteiger partial charge in [0.15, 0.2) is 17.0 Å². The van der Waals surface area contributed by atoms with Crippen LogP contribution in [0.1, 0.15) is 24.8 Å². The van der Waals surface area contributed by atoms with Gasteiger partial charge in [0.2, 0.25) is 0 Å². The molecule has 0 aliphatic carbocycles. The third-order valence-corrected chi connectivity index (χ3v) is 3.95. The average Bonchev–Trinajstić information content (AvgIpc) is 2.48. The van der Waals surface area contributed by atoms with E-state index < -0.39 is 6.10 Å². The van der Waals surface area contributed by atoms with Crippen LogP contribution in [0.4, 0.5) is 0 Å². The van der Waals surface area contributed by atoms with E-state index in [0.717, 1.165) is 13.1 Å². The average molecular weight is 358 g/mol. The first-order valence-electron chi connectivity index (χ1n) is 7.10. The number of oxime groups is 1. The summed E-state index contributed by atoms with van der Waals surface area (Å²) in [5, 5.41) is 24.9. The largest absolute Gasteiger partial charge is 0.619 e. The van der Waals surface area contributed by atoms with Crippen LogP contribution in [0.3, 0.4) is 0 Å². The summed E-state index contributed by atoms with van der Waals surface area (Å²) in [4.78, 5) is 7.39. The molecule has 1 N–H and O–H groups in total. The zero-order valence-corrected chi connectivity index (χ0v) is 13.4. The molecule has 2 heterocycles. The molecule has 0 aromatic carbocycles. The zero-order valence-electron chi connectivity index (χ0n) is 11.8. The van der Waals surface area contributed by atoms with Crippen LogP contribution >= 0.6 is 15.9 Å². The Balaban J connectivity index is 1.75. The maximum atomic E-state index is 11.2. The molecule has 0 spiro atoms. The number of rotatable bonds is 6. The lowest BCUT2D eigenvalue weighted by molar-refractivity contribution is -0.605. The number of aliphatic hydroxyl groups is 1. The van der Waals surface area contributed by atoms with E-state index in [9.17, 15) is 10.3 Å². The van der Waals surface area contributed by atoms with E-state index in [4.69, 9.17) is 4.84 Å². The summed E-state index contributed by atoms with van der Waals surface area (Å²) in [5.74, 6) is 0. The summed E-state index contributed by atoms with van der Waals surface area (Å²) in [7, 11) is 0. The van der Waals surface area contributed by atoms with Crippen molar-refractivity contribution in [3.63, 3.8) is 0 Å². The van der Waals surface area contributed by atoms with Gasteiger partial charge >= 0.3 is 0 Å². The highest BCUT2D eigenvalue weighted by Crippen LogP contribution is 2.09. The second kappa shape index (κ2) is 8.31. The van der Waals surface area contributed by atoms with Crippen LogP contribution in [-0.4, -0.2) is 47.0 Å². The fourth-order valence-corrected chi connectivity index (χ4v) is 2.64. The molecule has 0 radical (unpaired) electrons. The van der Waals surface area contributed by atoms with Gasteiger partial charge < -0.3 is 20.1 Å². The Morgan fingerprint density at radius 3 is 2.95 bits per heavy atom. The lowest BCUT2D eigenvalue weighted by Gasteiger charge is -2.27. The lowest BCUT2D eigenvalue weighted by Crippen LogP contribution is -2.38. The molecule has 2 rings (SSSR count). The third kappa shape index (κ3) is 5.61. The van der Waals surface area contributed by atoms with Crippen molar-refractivity contribution in [2.24, 2.45) is 5.16 Å². The van der Waals surface area contributed by atoms with Crippen molar-refractivity contribution in [1.82, 2.24) is 4.90 Å². The molecular formula is C14H20BrN3O3. The van der Waals surface area contributed by atoms with Crippen molar-refractivity contribution >= 4 is 20.6 Å². The Morgan fingerprint density at radius 1 is 1.48 bits per heavy atom. The normalized spacial score (nSPS) is 18.5. The molecule has 1 aromatic rings. The van der Waals surface area contributed by atoms with E-state index in [2.05, 4.69) is 26.0 Å². The Hall–Kier alpha value is -1.18. The van der Waals surface area contributed by atoms with Gasteiger partial charge in [0, 0.05) is 12.6 Å². The van der Waals surface area contributed by atoms with Gasteiger partial charge in [-0.2, -0.15) is 4.73 Å². The third-order valence-electron chi connectivity index (χ3n) is 3.34. The number of likely N-dealkylation sites (tertiary alicyclic amines) is 1. The summed E-state index contributed by atoms with van der Waals surface area (Å²) < 4.78 is 1.12. The monoisotopic (exact) mass is 357 g/mol. The zero-order chi connectivity index (χ0) is 15.1. The molecule has 6 nitrogen and oxygen atoms in total. The van der Waals surface area contributed by atoms with Crippen molar-refractivity contribution in [1.29, 1.82) is 0 Å². The highest BCUT2D eigenvalue weighted by Gasteiger charge is 2.15. The number of β-amino-alcohol motifs (C(OH)–C–C–N with tert-alkyl or cyclic N) is 1. The predicted molar refractivity (Wildman–Crippen MR) is 83.1 cm³/mol. The molecule has 7 heteroatoms. The first-order valence-corrected chi connectivity index (χ1v) is 7.89. The van der Waals surface area contributed by atoms with Crippen molar-refractivity contribution in [2.45, 2.75) is 25.4 Å². The van der Waals surface area contributed by atoms with Crippen LogP contribution in [0.25, 0.3) is 0 Å². The minimum atomic E-state index is -0.563. The van der Waals surface area contributed by atoms with Crippen LogP contribution in [0.5, 0.6) is 0 Å². The van der Waals surface area contributed by atoms with E-state index in [-0.39, 0.29) is 6.61 Å². The molecule has 116 valence electrons. The number of piperidine rings is 1. The minimum Gasteiger partial charge on any atom is -0.619 e. The molecule has 1 unspecified atom stereocenters. The number of nitrogens with zero attached hydrogens (tertiary/aromatic N) is 3. The quantitative estimate of drug-likeness (QED) is 0.360. The second-order valence-corrected chi connectivity index (χ2v) is 5.90. The Bertz CT molecular complexity index is 478. The number of halogens is 1. The second-order valence-electron chi connectivity index (χ2n) is 5.15. The molecule has 1 saturated heterocycles. The highest BCUT2D eigenvalue weighted by molar-refractivity contribution is 9.18. The van der Waals surface area contributed by atoms with Crippen molar-refractivity contribution in [2.75, 3.05) is 26.2 Å². The fourth-order valence-electron chi connectivity index (χ4n) is 2.30. The molecule has 1 aliphatic heterocycles. The van der Waals surface area contributed by atoms with Gasteiger partial charge in [0.1, 0.15) is 12.7 Å². The Kier molecular flexibility index (Phi) is 6.41. The Labute approximate surface area is 132 Å². The molecule has 0 saturated carbocycles. The fraction of sp³-hybridized carbons (Fsp3) is 0.571. The van der Waals surface area contributed by atoms with Gasteiger partial charge in [0.25, 0.3) is 0 Å². The summed E-state index contributed by atoms with van der Waals surface area (Å²) in [6.07, 6.45) is 5.89. The van der Waals surface area contributed by atoms with Crippen LogP contribution in [0.2, 0.25) is 0 Å². The lowest BCUT2D eigenvalue weighted by atomic mass is 10.1. The van der Waals surface area contributed by atoms with Crippen LogP contribution in [0.15, 0.2) is 29.7 Å². The number of hydrogen-bond donors (Lipinski definition) is 1. The number of aromatic nitrogens is 1. The smallest absolute Gasteiger partial charge is 0.190 e. The van der Waals surface area contributed by atoms with Gasteiger partial charge in [-0.25, -0.2) is 0 Å². The molecule has 1 atom stereocenters. The standard InChI is InChI=1S/C14H20BrN3O3/c15-14(12-5-4-8-18(20)9-12)16-21-11-13(19)10-17-6-2-1-3-7-17/h4-5,8-9,13,19H,1-3,6-7,10-11H2/b16-14-. The Morgan fingerprint density at radius 2 is 2.24 bits per heavy atom. The van der Waals surface area contributed by atoms with Crippen LogP contribution in [-0.2, 0) is 4.84 Å². The van der Waals surface area contributed by atoms with E-state index in [1.807, 2.05) is 0 Å². The SMILES string of the molecule is [O-][n+]1cccc(/C(Br)=N/OCC(O)CN2CCCCC2)c1. The van der Waals surface area contributed by atoms with Crippen molar-refractivity contribution in [3.05, 3.63) is 35.3 Å². The first-order chi connectivity index (χ1) is 10.1. The topological polar surface area (TPSA) is 72.0 Å². The predicted octanol–water partition coefficient (Wildman–Crippen LogP) is 1.24. The number of hydrogen-bond acceptors (Lipinski definition) is 5. The summed E-state index contributed by atoms with van der Waals surface area (Å²) in [5.41, 5.74) is 0.623. The molecule has 1 aliphatic rings. The van der Waals surface area contributed by atoms with Crippen molar-refractivity contribution in [3.8, 4) is 0 Å². The molecule has 1 fully saturated rings. The van der Waals surface area contributed by atoms with Crippen LogP contribution < -0.4 is 4.73 Å². The van der Waals surface area contributed by atoms with E-state index >= 15 is 0 Å². The van der Waals surface area contributed by atoms with Crippen molar-refractivity contribution < 1.29 is 14.7 Å². The maximum Gasteiger partial charge on any atom is 0.190 e. The summed E-state index contributed by atoms with van der Waals surface area (Å²) >= 11 is 3.25. The highest BCUT2D eigenvalue weighted by atomic mass is 79.9. The van der Waals surface area contributed by atoms with E-state index in [0.29, 0.717) is 21.5 Å².